The molecule has 0 spiro atoms. The van der Waals surface area contributed by atoms with Crippen molar-refractivity contribution in [2.75, 3.05) is 19.0 Å². The first-order valence-electron chi connectivity index (χ1n) is 6.22. The first-order valence-corrected chi connectivity index (χ1v) is 7.14. The molecule has 1 amide bonds. The van der Waals surface area contributed by atoms with Crippen LogP contribution in [0.1, 0.15) is 28.8 Å². The molecule has 0 N–H and O–H groups in total. The van der Waals surface area contributed by atoms with Gasteiger partial charge in [0.1, 0.15) is 0 Å². The smallest absolute Gasteiger partial charge is 0.253 e. The lowest BCUT2D eigenvalue weighted by molar-refractivity contribution is 0.0685. The Bertz CT molecular complexity index is 427. The lowest BCUT2D eigenvalue weighted by atomic mass is 9.99. The van der Waals surface area contributed by atoms with Crippen molar-refractivity contribution < 1.29 is 4.79 Å². The van der Waals surface area contributed by atoms with Crippen LogP contribution in [0.4, 0.5) is 0 Å². The summed E-state index contributed by atoms with van der Waals surface area (Å²) in [6, 6.07) is 5.48. The van der Waals surface area contributed by atoms with Crippen LogP contribution in [0.5, 0.6) is 0 Å². The largest absolute Gasteiger partial charge is 0.338 e. The maximum absolute atomic E-state index is 12.4. The number of amides is 1. The van der Waals surface area contributed by atoms with Crippen molar-refractivity contribution in [2.45, 2.75) is 19.8 Å². The van der Waals surface area contributed by atoms with E-state index in [2.05, 4.69) is 0 Å². The van der Waals surface area contributed by atoms with E-state index in [1.54, 1.807) is 6.07 Å². The SMILES string of the molecule is Cc1cc(Cl)cc(C(=O)N2CCCC(CCl)C2)c1. The normalized spacial score (nSPS) is 19.9. The van der Waals surface area contributed by atoms with Gasteiger partial charge in [-0.25, -0.2) is 0 Å². The van der Waals surface area contributed by atoms with Gasteiger partial charge in [0.15, 0.2) is 0 Å². The molecule has 4 heteroatoms. The number of alkyl halides is 1. The molecule has 1 unspecified atom stereocenters. The summed E-state index contributed by atoms with van der Waals surface area (Å²) in [7, 11) is 0. The molecule has 18 heavy (non-hydrogen) atoms. The van der Waals surface area contributed by atoms with Crippen LogP contribution in [0, 0.1) is 12.8 Å². The summed E-state index contributed by atoms with van der Waals surface area (Å²) in [6.07, 6.45) is 2.14. The van der Waals surface area contributed by atoms with E-state index in [-0.39, 0.29) is 5.91 Å². The molecule has 1 aliphatic heterocycles. The van der Waals surface area contributed by atoms with E-state index in [1.807, 2.05) is 24.0 Å². The van der Waals surface area contributed by atoms with Crippen LogP contribution >= 0.6 is 23.2 Å². The molecule has 1 aromatic carbocycles. The molecule has 0 bridgehead atoms. The number of piperidine rings is 1. The highest BCUT2D eigenvalue weighted by atomic mass is 35.5. The number of carbonyl (C=O) groups is 1. The fourth-order valence-electron chi connectivity index (χ4n) is 2.42. The Morgan fingerprint density at radius 1 is 1.44 bits per heavy atom. The number of benzene rings is 1. The molecular formula is C14H17Cl2NO. The number of nitrogens with zero attached hydrogens (tertiary/aromatic N) is 1. The molecule has 0 saturated carbocycles. The summed E-state index contributed by atoms with van der Waals surface area (Å²) >= 11 is 11.9. The van der Waals surface area contributed by atoms with Gasteiger partial charge in [-0.2, -0.15) is 0 Å². The molecule has 1 aliphatic rings. The minimum atomic E-state index is 0.0652. The molecular weight excluding hydrogens is 269 g/mol. The van der Waals surface area contributed by atoms with Crippen molar-refractivity contribution in [1.82, 2.24) is 4.90 Å². The predicted octanol–water partition coefficient (Wildman–Crippen LogP) is 3.74. The molecule has 0 aliphatic carbocycles. The second-order valence-corrected chi connectivity index (χ2v) is 5.68. The molecule has 1 atom stereocenters. The van der Waals surface area contributed by atoms with Crippen LogP contribution < -0.4 is 0 Å². The zero-order valence-corrected chi connectivity index (χ0v) is 12.0. The average molecular weight is 286 g/mol. The van der Waals surface area contributed by atoms with Gasteiger partial charge in [0.2, 0.25) is 0 Å². The summed E-state index contributed by atoms with van der Waals surface area (Å²) < 4.78 is 0. The standard InChI is InChI=1S/C14H17Cl2NO/c1-10-5-12(7-13(16)6-10)14(18)17-4-2-3-11(8-15)9-17/h5-7,11H,2-4,8-9H2,1H3. The van der Waals surface area contributed by atoms with E-state index in [1.165, 1.54) is 0 Å². The Morgan fingerprint density at radius 2 is 2.22 bits per heavy atom. The molecule has 1 saturated heterocycles. The van der Waals surface area contributed by atoms with Crippen molar-refractivity contribution >= 4 is 29.1 Å². The number of carbonyl (C=O) groups excluding carboxylic acids is 1. The maximum atomic E-state index is 12.4. The third-order valence-corrected chi connectivity index (χ3v) is 3.97. The summed E-state index contributed by atoms with van der Waals surface area (Å²) in [5.74, 6) is 1.11. The molecule has 0 radical (unpaired) electrons. The van der Waals surface area contributed by atoms with Gasteiger partial charge in [0.25, 0.3) is 5.91 Å². The molecule has 1 aromatic rings. The Balaban J connectivity index is 2.15. The molecule has 1 fully saturated rings. The highest BCUT2D eigenvalue weighted by Crippen LogP contribution is 2.21. The van der Waals surface area contributed by atoms with Gasteiger partial charge in [-0.15, -0.1) is 11.6 Å². The third kappa shape index (κ3) is 3.18. The lowest BCUT2D eigenvalue weighted by Crippen LogP contribution is -2.40. The Kier molecular flexibility index (Phi) is 4.52. The number of likely N-dealkylation sites (tertiary alicyclic amines) is 1. The molecule has 2 nitrogen and oxygen atoms in total. The number of hydrogen-bond acceptors (Lipinski definition) is 1. The van der Waals surface area contributed by atoms with Crippen LogP contribution in [0.25, 0.3) is 0 Å². The quantitative estimate of drug-likeness (QED) is 0.758. The summed E-state index contributed by atoms with van der Waals surface area (Å²) in [6.45, 7) is 3.52. The van der Waals surface area contributed by atoms with Crippen LogP contribution in [-0.2, 0) is 0 Å². The Morgan fingerprint density at radius 3 is 2.89 bits per heavy atom. The van der Waals surface area contributed by atoms with E-state index < -0.39 is 0 Å². The van der Waals surface area contributed by atoms with Crippen molar-refractivity contribution in [3.63, 3.8) is 0 Å². The van der Waals surface area contributed by atoms with Gasteiger partial charge in [-0.05, 0) is 49.4 Å². The maximum Gasteiger partial charge on any atom is 0.253 e. The Labute approximate surface area is 118 Å². The van der Waals surface area contributed by atoms with Crippen LogP contribution in [0.3, 0.4) is 0 Å². The minimum Gasteiger partial charge on any atom is -0.338 e. The number of aryl methyl sites for hydroxylation is 1. The second kappa shape index (κ2) is 5.94. The zero-order chi connectivity index (χ0) is 13.1. The van der Waals surface area contributed by atoms with E-state index in [0.29, 0.717) is 22.4 Å². The van der Waals surface area contributed by atoms with Gasteiger partial charge < -0.3 is 4.90 Å². The highest BCUT2D eigenvalue weighted by Gasteiger charge is 2.24. The van der Waals surface area contributed by atoms with Gasteiger partial charge in [0, 0.05) is 29.6 Å². The summed E-state index contributed by atoms with van der Waals surface area (Å²) in [5.41, 5.74) is 1.69. The van der Waals surface area contributed by atoms with E-state index in [4.69, 9.17) is 23.2 Å². The zero-order valence-electron chi connectivity index (χ0n) is 10.5. The topological polar surface area (TPSA) is 20.3 Å². The van der Waals surface area contributed by atoms with E-state index in [9.17, 15) is 4.79 Å². The van der Waals surface area contributed by atoms with Crippen molar-refractivity contribution in [2.24, 2.45) is 5.92 Å². The van der Waals surface area contributed by atoms with Crippen molar-refractivity contribution in [3.05, 3.63) is 34.3 Å². The summed E-state index contributed by atoms with van der Waals surface area (Å²) in [5, 5.41) is 0.615. The summed E-state index contributed by atoms with van der Waals surface area (Å²) in [4.78, 5) is 14.3. The van der Waals surface area contributed by atoms with Crippen molar-refractivity contribution in [1.29, 1.82) is 0 Å². The first kappa shape index (κ1) is 13.7. The fourth-order valence-corrected chi connectivity index (χ4v) is 2.96. The Hall–Kier alpha value is -0.730. The second-order valence-electron chi connectivity index (χ2n) is 4.93. The minimum absolute atomic E-state index is 0.0652. The number of rotatable bonds is 2. The van der Waals surface area contributed by atoms with Gasteiger partial charge in [-0.1, -0.05) is 11.6 Å². The number of hydrogen-bond donors (Lipinski definition) is 0. The molecule has 98 valence electrons. The number of halogens is 2. The molecule has 1 heterocycles. The highest BCUT2D eigenvalue weighted by molar-refractivity contribution is 6.31. The van der Waals surface area contributed by atoms with Crippen molar-refractivity contribution in [3.8, 4) is 0 Å². The van der Waals surface area contributed by atoms with Gasteiger partial charge in [0.05, 0.1) is 0 Å². The van der Waals surface area contributed by atoms with Gasteiger partial charge in [-0.3, -0.25) is 4.79 Å². The third-order valence-electron chi connectivity index (χ3n) is 3.31. The van der Waals surface area contributed by atoms with E-state index in [0.717, 1.165) is 31.5 Å². The van der Waals surface area contributed by atoms with E-state index >= 15 is 0 Å². The van der Waals surface area contributed by atoms with Gasteiger partial charge >= 0.3 is 0 Å². The lowest BCUT2D eigenvalue weighted by Gasteiger charge is -2.32. The fraction of sp³-hybridized carbons (Fsp3) is 0.500. The van der Waals surface area contributed by atoms with Crippen LogP contribution in [-0.4, -0.2) is 29.8 Å². The average Bonchev–Trinajstić information content (AvgIpc) is 2.37. The molecule has 2 rings (SSSR count). The molecule has 0 aromatic heterocycles. The monoisotopic (exact) mass is 285 g/mol. The predicted molar refractivity (Wildman–Crippen MR) is 75.5 cm³/mol. The van der Waals surface area contributed by atoms with Crippen LogP contribution in [0.2, 0.25) is 5.02 Å². The van der Waals surface area contributed by atoms with Crippen LogP contribution in [0.15, 0.2) is 18.2 Å². The first-order chi connectivity index (χ1) is 8.60.